The quantitative estimate of drug-likeness (QED) is 0.195. The summed E-state index contributed by atoms with van der Waals surface area (Å²) in [5.74, 6) is -13.1. The second-order valence-corrected chi connectivity index (χ2v) is 15.3. The van der Waals surface area contributed by atoms with Crippen molar-refractivity contribution in [1.82, 2.24) is 0 Å². The molecule has 0 aromatic rings. The lowest BCUT2D eigenvalue weighted by atomic mass is 9.70. The summed E-state index contributed by atoms with van der Waals surface area (Å²) in [5.41, 5.74) is -0.986. The zero-order chi connectivity index (χ0) is 40.1. The van der Waals surface area contributed by atoms with E-state index in [1.165, 1.54) is 62.3 Å². The van der Waals surface area contributed by atoms with Crippen LogP contribution in [0.15, 0.2) is 0 Å². The minimum atomic E-state index is -1.50. The summed E-state index contributed by atoms with van der Waals surface area (Å²) in [6.07, 6.45) is -6.30. The van der Waals surface area contributed by atoms with Crippen LogP contribution in [-0.4, -0.2) is 107 Å². The fraction of sp³-hybridized carbons (Fsp3) is 0.730. The molecule has 3 heterocycles. The van der Waals surface area contributed by atoms with Crippen LogP contribution >= 0.6 is 11.8 Å². The Kier molecular flexibility index (Phi) is 15.6. The van der Waals surface area contributed by atoms with Gasteiger partial charge in [0.15, 0.2) is 12.6 Å². The Morgan fingerprint density at radius 3 is 1.21 bits per heavy atom. The van der Waals surface area contributed by atoms with Crippen LogP contribution in [0.4, 0.5) is 0 Å². The van der Waals surface area contributed by atoms with Crippen molar-refractivity contribution in [3.8, 4) is 6.07 Å². The lowest BCUT2D eigenvalue weighted by Crippen LogP contribution is -2.58. The number of nitrogens with zero attached hydrogens (tertiary/aromatic N) is 1. The number of carbonyl (C=O) groups is 9. The van der Waals surface area contributed by atoms with Crippen LogP contribution < -0.4 is 0 Å². The summed E-state index contributed by atoms with van der Waals surface area (Å²) >= 11 is 0.990. The lowest BCUT2D eigenvalue weighted by molar-refractivity contribution is -0.273. The molecule has 15 nitrogen and oxygen atoms in total. The molecular formula is C37H49NO14S. The average molecular weight is 764 g/mol. The minimum absolute atomic E-state index is 0.0816. The molecule has 0 unspecified atom stereocenters. The number of nitriles is 1. The Morgan fingerprint density at radius 2 is 0.830 bits per heavy atom. The van der Waals surface area contributed by atoms with Gasteiger partial charge in [0, 0.05) is 18.3 Å². The van der Waals surface area contributed by atoms with E-state index in [9.17, 15) is 48.4 Å². The molecule has 14 atom stereocenters. The van der Waals surface area contributed by atoms with Gasteiger partial charge in [-0.15, -0.1) is 11.8 Å². The number of hydrogen-bond acceptors (Lipinski definition) is 16. The molecule has 292 valence electrons. The van der Waals surface area contributed by atoms with E-state index < -0.39 is 137 Å². The first kappa shape index (κ1) is 44.1. The van der Waals surface area contributed by atoms with Crippen LogP contribution in [0.25, 0.3) is 0 Å². The number of hydrogen-bond donors (Lipinski definition) is 0. The summed E-state index contributed by atoms with van der Waals surface area (Å²) in [6, 6.07) is 1.96. The summed E-state index contributed by atoms with van der Waals surface area (Å²) in [5, 5.41) is 9.23. The third-order valence-corrected chi connectivity index (χ3v) is 11.4. The van der Waals surface area contributed by atoms with E-state index >= 15 is 0 Å². The van der Waals surface area contributed by atoms with E-state index in [2.05, 4.69) is 0 Å². The molecule has 0 amide bonds. The van der Waals surface area contributed by atoms with Gasteiger partial charge in [-0.05, 0) is 62.3 Å². The van der Waals surface area contributed by atoms with E-state index in [-0.39, 0.29) is 23.7 Å². The molecule has 3 fully saturated rings. The van der Waals surface area contributed by atoms with E-state index in [0.29, 0.717) is 0 Å². The van der Waals surface area contributed by atoms with Gasteiger partial charge in [-0.3, -0.25) is 43.2 Å². The zero-order valence-corrected chi connectivity index (χ0v) is 32.3. The highest BCUT2D eigenvalue weighted by Crippen LogP contribution is 2.44. The maximum absolute atomic E-state index is 13.2. The van der Waals surface area contributed by atoms with Crippen LogP contribution in [0.3, 0.4) is 0 Å². The second kappa shape index (κ2) is 18.8. The summed E-state index contributed by atoms with van der Waals surface area (Å²) in [4.78, 5) is 116. The number of Topliss-reactive ketones (excluding diaryl/α,β-unsaturated/α-hetero) is 9. The topological polar surface area (TPSA) is 224 Å². The monoisotopic (exact) mass is 763 g/mol. The van der Waals surface area contributed by atoms with E-state index in [4.69, 9.17) is 23.7 Å². The van der Waals surface area contributed by atoms with Gasteiger partial charge < -0.3 is 23.7 Å². The largest absolute Gasteiger partial charge is 0.360 e. The molecule has 0 saturated carbocycles. The Labute approximate surface area is 312 Å². The molecule has 3 aliphatic heterocycles. The molecule has 0 N–H and O–H groups in total. The lowest BCUT2D eigenvalue weighted by Gasteiger charge is -2.46. The first-order valence-corrected chi connectivity index (χ1v) is 18.5. The van der Waals surface area contributed by atoms with Crippen molar-refractivity contribution in [2.45, 2.75) is 105 Å². The maximum atomic E-state index is 13.2. The summed E-state index contributed by atoms with van der Waals surface area (Å²) < 4.78 is 30.5. The predicted octanol–water partition coefficient (Wildman–Crippen LogP) is 2.07. The van der Waals surface area contributed by atoms with Gasteiger partial charge in [0.2, 0.25) is 0 Å². The minimum Gasteiger partial charge on any atom is -0.360 e. The number of thioether (sulfide) groups is 1. The van der Waals surface area contributed by atoms with Gasteiger partial charge in [0.25, 0.3) is 0 Å². The maximum Gasteiger partial charge on any atom is 0.168 e. The first-order chi connectivity index (χ1) is 24.7. The van der Waals surface area contributed by atoms with Crippen molar-refractivity contribution >= 4 is 63.8 Å². The molecule has 16 heteroatoms. The number of rotatable bonds is 18. The second-order valence-electron chi connectivity index (χ2n) is 14.3. The van der Waals surface area contributed by atoms with Crippen LogP contribution in [-0.2, 0) is 66.8 Å². The highest BCUT2D eigenvalue weighted by atomic mass is 32.2. The van der Waals surface area contributed by atoms with Crippen LogP contribution in [0, 0.1) is 58.7 Å². The molecule has 0 aliphatic carbocycles. The van der Waals surface area contributed by atoms with Crippen molar-refractivity contribution in [3.05, 3.63) is 0 Å². The highest BCUT2D eigenvalue weighted by molar-refractivity contribution is 8.00. The van der Waals surface area contributed by atoms with Crippen molar-refractivity contribution < 1.29 is 66.8 Å². The van der Waals surface area contributed by atoms with Gasteiger partial charge in [-0.25, -0.2) is 0 Å². The van der Waals surface area contributed by atoms with E-state index in [0.717, 1.165) is 11.8 Å². The standard InChI is InChI=1S/C37H49NO14S/c1-15(39)12-24-27(16(2)40)32(21(7)45)35(50-24)48-13-25-28(17(3)41)30(19(5)43)33(22(8)46)36(51-25)49-14-26-29(18(4)42)31(20(6)44)34(23(9)47)37(52-26)53-11-10-38/h24-37H,11-14H2,1-9H3/t24-,25-,26-,27-,28-,29-,30+,31+,32+,33+,34+,35+,36+,37-/m1/s1. The van der Waals surface area contributed by atoms with Crippen LogP contribution in [0.5, 0.6) is 0 Å². The number of ketones is 9. The number of carbonyl (C=O) groups excluding carboxylic acids is 9. The Bertz CT molecular complexity index is 1540. The van der Waals surface area contributed by atoms with Gasteiger partial charge in [-0.2, -0.15) is 5.26 Å². The van der Waals surface area contributed by atoms with Crippen molar-refractivity contribution in [2.24, 2.45) is 47.3 Å². The SMILES string of the molecule is CC(=O)C[C@H]1O[C@H](OC[C@H]2O[C@H](OC[C@H]3O[C@H](SCC#N)[C@@H](C(C)=O)[C@@H](C(C)=O)[C@@H]3C(C)=O)[C@@H](C(C)=O)[C@@H](C(C)=O)[C@@H]2C(C)=O)[C@@H](C(C)=O)[C@@H]1C(C)=O. The third-order valence-electron chi connectivity index (χ3n) is 10.3. The normalized spacial score (nSPS) is 35.5. The van der Waals surface area contributed by atoms with Gasteiger partial charge in [-0.1, -0.05) is 0 Å². The molecule has 53 heavy (non-hydrogen) atoms. The fourth-order valence-electron chi connectivity index (χ4n) is 8.23. The van der Waals surface area contributed by atoms with Gasteiger partial charge in [0.1, 0.15) is 57.5 Å². The number of ether oxygens (including phenoxy) is 5. The molecule has 0 aromatic heterocycles. The highest BCUT2D eigenvalue weighted by Gasteiger charge is 2.56. The molecule has 3 aliphatic rings. The predicted molar refractivity (Wildman–Crippen MR) is 185 cm³/mol. The summed E-state index contributed by atoms with van der Waals surface area (Å²) in [7, 11) is 0. The Balaban J connectivity index is 1.99. The molecule has 3 saturated heterocycles. The molecule has 3 rings (SSSR count). The zero-order valence-electron chi connectivity index (χ0n) is 31.5. The molecule has 0 spiro atoms. The average Bonchev–Trinajstić information content (AvgIpc) is 3.41. The van der Waals surface area contributed by atoms with Crippen LogP contribution in [0.1, 0.15) is 68.7 Å². The molecule has 0 aromatic carbocycles. The van der Waals surface area contributed by atoms with Crippen molar-refractivity contribution in [2.75, 3.05) is 19.0 Å². The molecular weight excluding hydrogens is 714 g/mol. The van der Waals surface area contributed by atoms with Crippen molar-refractivity contribution in [3.63, 3.8) is 0 Å². The molecule has 0 radical (unpaired) electrons. The Morgan fingerprint density at radius 1 is 0.491 bits per heavy atom. The smallest absolute Gasteiger partial charge is 0.168 e. The van der Waals surface area contributed by atoms with Crippen LogP contribution in [0.2, 0.25) is 0 Å². The molecule has 0 bridgehead atoms. The fourth-order valence-corrected chi connectivity index (χ4v) is 9.26. The van der Waals surface area contributed by atoms with Gasteiger partial charge in [0.05, 0.1) is 78.9 Å². The van der Waals surface area contributed by atoms with E-state index in [1.54, 1.807) is 0 Å². The third kappa shape index (κ3) is 10.1. The first-order valence-electron chi connectivity index (χ1n) is 17.5. The summed E-state index contributed by atoms with van der Waals surface area (Å²) in [6.45, 7) is 10.4. The van der Waals surface area contributed by atoms with Gasteiger partial charge >= 0.3 is 0 Å². The van der Waals surface area contributed by atoms with E-state index in [1.807, 2.05) is 6.07 Å². The Hall–Kier alpha value is -3.33. The van der Waals surface area contributed by atoms with Crippen molar-refractivity contribution in [1.29, 1.82) is 5.26 Å².